The lowest BCUT2D eigenvalue weighted by atomic mass is 10.1. The van der Waals surface area contributed by atoms with Crippen LogP contribution in [-0.4, -0.2) is 9.97 Å². The molecule has 2 rings (SSSR count). The lowest BCUT2D eigenvalue weighted by molar-refractivity contribution is 0.943. The van der Waals surface area contributed by atoms with Crippen LogP contribution in [0.3, 0.4) is 0 Å². The average molecular weight is 276 g/mol. The van der Waals surface area contributed by atoms with Crippen LogP contribution in [0.4, 0.5) is 11.5 Å². The third-order valence-corrected chi connectivity index (χ3v) is 3.25. The highest BCUT2D eigenvalue weighted by Gasteiger charge is 2.03. The van der Waals surface area contributed by atoms with E-state index in [1.54, 1.807) is 6.07 Å². The summed E-state index contributed by atoms with van der Waals surface area (Å²) in [7, 11) is 0. The van der Waals surface area contributed by atoms with Gasteiger partial charge in [-0.05, 0) is 36.6 Å². The molecule has 0 aliphatic carbocycles. The van der Waals surface area contributed by atoms with Crippen LogP contribution in [0.2, 0.25) is 5.15 Å². The van der Waals surface area contributed by atoms with E-state index in [0.717, 1.165) is 30.2 Å². The Morgan fingerprint density at radius 2 is 1.89 bits per heavy atom. The van der Waals surface area contributed by atoms with Crippen LogP contribution in [0.25, 0.3) is 0 Å². The van der Waals surface area contributed by atoms with Crippen molar-refractivity contribution in [3.05, 3.63) is 46.4 Å². The fourth-order valence-electron chi connectivity index (χ4n) is 2.01. The van der Waals surface area contributed by atoms with Gasteiger partial charge in [-0.3, -0.25) is 0 Å². The molecule has 1 heterocycles. The molecule has 0 aliphatic heterocycles. The summed E-state index contributed by atoms with van der Waals surface area (Å²) < 4.78 is 0. The van der Waals surface area contributed by atoms with Crippen molar-refractivity contribution in [1.29, 1.82) is 0 Å². The lowest BCUT2D eigenvalue weighted by Gasteiger charge is -2.10. The number of aryl methyl sites for hydroxylation is 3. The summed E-state index contributed by atoms with van der Waals surface area (Å²) in [6, 6.07) is 8.07. The molecule has 0 bridgehead atoms. The van der Waals surface area contributed by atoms with Gasteiger partial charge in [0.05, 0.1) is 0 Å². The molecule has 0 aliphatic rings. The number of hydrogen-bond donors (Lipinski definition) is 1. The minimum Gasteiger partial charge on any atom is -0.340 e. The summed E-state index contributed by atoms with van der Waals surface area (Å²) in [5, 5.41) is 3.74. The normalized spacial score (nSPS) is 10.5. The lowest BCUT2D eigenvalue weighted by Crippen LogP contribution is -2.00. The van der Waals surface area contributed by atoms with Crippen LogP contribution in [0, 0.1) is 6.92 Å². The van der Waals surface area contributed by atoms with Crippen molar-refractivity contribution >= 4 is 23.1 Å². The minimum atomic E-state index is 0.469. The average Bonchev–Trinajstić information content (AvgIpc) is 2.38. The monoisotopic (exact) mass is 275 g/mol. The van der Waals surface area contributed by atoms with E-state index in [2.05, 4.69) is 47.3 Å². The Kier molecular flexibility index (Phi) is 4.38. The smallest absolute Gasteiger partial charge is 0.135 e. The van der Waals surface area contributed by atoms with Gasteiger partial charge in [-0.2, -0.15) is 0 Å². The zero-order chi connectivity index (χ0) is 13.8. The fourth-order valence-corrected chi connectivity index (χ4v) is 2.21. The molecule has 0 radical (unpaired) electrons. The molecule has 0 amide bonds. The molecule has 1 aromatic carbocycles. The maximum atomic E-state index is 5.98. The second-order valence-electron chi connectivity index (χ2n) is 4.47. The molecule has 0 spiro atoms. The van der Waals surface area contributed by atoms with Crippen LogP contribution in [0.5, 0.6) is 0 Å². The van der Waals surface area contributed by atoms with Gasteiger partial charge >= 0.3 is 0 Å². The number of benzene rings is 1. The van der Waals surface area contributed by atoms with Crippen molar-refractivity contribution in [1.82, 2.24) is 9.97 Å². The predicted octanol–water partition coefficient (Wildman–Crippen LogP) is 4.31. The highest BCUT2D eigenvalue weighted by Crippen LogP contribution is 2.20. The number of rotatable bonds is 4. The summed E-state index contributed by atoms with van der Waals surface area (Å²) in [4.78, 5) is 8.57. The number of aromatic nitrogens is 2. The van der Waals surface area contributed by atoms with Gasteiger partial charge in [-0.1, -0.05) is 31.5 Å². The molecular formula is C15H18ClN3. The Hall–Kier alpha value is -1.61. The first kappa shape index (κ1) is 13.8. The van der Waals surface area contributed by atoms with Gasteiger partial charge in [0, 0.05) is 18.2 Å². The van der Waals surface area contributed by atoms with Gasteiger partial charge in [0.2, 0.25) is 0 Å². The second-order valence-corrected chi connectivity index (χ2v) is 4.85. The van der Waals surface area contributed by atoms with E-state index in [1.165, 1.54) is 11.1 Å². The predicted molar refractivity (Wildman–Crippen MR) is 80.3 cm³/mol. The van der Waals surface area contributed by atoms with E-state index in [4.69, 9.17) is 11.6 Å². The molecule has 0 saturated carbocycles. The molecular weight excluding hydrogens is 258 g/mol. The van der Waals surface area contributed by atoms with E-state index in [0.29, 0.717) is 5.15 Å². The van der Waals surface area contributed by atoms with Gasteiger partial charge in [0.15, 0.2) is 0 Å². The standard InChI is InChI=1S/C15H18ClN3/c1-4-11-6-7-12(8-10(11)3)17-15-9-13(16)18-14(5-2)19-15/h6-9H,4-5H2,1-3H3,(H,17,18,19). The van der Waals surface area contributed by atoms with Gasteiger partial charge in [0.25, 0.3) is 0 Å². The van der Waals surface area contributed by atoms with E-state index in [9.17, 15) is 0 Å². The van der Waals surface area contributed by atoms with Crippen molar-refractivity contribution in [3.63, 3.8) is 0 Å². The molecule has 2 aromatic rings. The van der Waals surface area contributed by atoms with Crippen LogP contribution < -0.4 is 5.32 Å². The Bertz CT molecular complexity index is 582. The molecule has 0 unspecified atom stereocenters. The quantitative estimate of drug-likeness (QED) is 0.845. The first-order chi connectivity index (χ1) is 9.12. The zero-order valence-electron chi connectivity index (χ0n) is 11.5. The first-order valence-corrected chi connectivity index (χ1v) is 6.90. The summed E-state index contributed by atoms with van der Waals surface area (Å²) >= 11 is 5.98. The number of halogens is 1. The molecule has 4 heteroatoms. The van der Waals surface area contributed by atoms with Crippen molar-refractivity contribution in [2.24, 2.45) is 0 Å². The largest absolute Gasteiger partial charge is 0.340 e. The molecule has 0 atom stereocenters. The van der Waals surface area contributed by atoms with Crippen molar-refractivity contribution in [2.45, 2.75) is 33.6 Å². The topological polar surface area (TPSA) is 37.8 Å². The summed E-state index contributed by atoms with van der Waals surface area (Å²) in [6.45, 7) is 6.29. The van der Waals surface area contributed by atoms with Gasteiger partial charge in [0.1, 0.15) is 16.8 Å². The third-order valence-electron chi connectivity index (χ3n) is 3.05. The third kappa shape index (κ3) is 3.44. The number of nitrogens with zero attached hydrogens (tertiary/aromatic N) is 2. The summed E-state index contributed by atoms with van der Waals surface area (Å²) in [5.74, 6) is 1.48. The highest BCUT2D eigenvalue weighted by molar-refractivity contribution is 6.29. The molecule has 0 saturated heterocycles. The fraction of sp³-hybridized carbons (Fsp3) is 0.333. The van der Waals surface area contributed by atoms with Crippen LogP contribution >= 0.6 is 11.6 Å². The van der Waals surface area contributed by atoms with E-state index in [1.807, 2.05) is 6.92 Å². The van der Waals surface area contributed by atoms with E-state index < -0.39 is 0 Å². The van der Waals surface area contributed by atoms with Gasteiger partial charge in [-0.15, -0.1) is 0 Å². The van der Waals surface area contributed by atoms with Gasteiger partial charge < -0.3 is 5.32 Å². The maximum Gasteiger partial charge on any atom is 0.135 e. The molecule has 0 fully saturated rings. The Morgan fingerprint density at radius 3 is 2.53 bits per heavy atom. The number of anilines is 2. The van der Waals surface area contributed by atoms with Gasteiger partial charge in [-0.25, -0.2) is 9.97 Å². The van der Waals surface area contributed by atoms with Crippen molar-refractivity contribution < 1.29 is 0 Å². The summed E-state index contributed by atoms with van der Waals surface area (Å²) in [5.41, 5.74) is 3.66. The van der Waals surface area contributed by atoms with Crippen LogP contribution in [0.1, 0.15) is 30.8 Å². The van der Waals surface area contributed by atoms with Crippen molar-refractivity contribution in [3.8, 4) is 0 Å². The zero-order valence-corrected chi connectivity index (χ0v) is 12.3. The first-order valence-electron chi connectivity index (χ1n) is 6.52. The minimum absolute atomic E-state index is 0.469. The van der Waals surface area contributed by atoms with Crippen LogP contribution in [-0.2, 0) is 12.8 Å². The Balaban J connectivity index is 2.25. The Labute approximate surface area is 119 Å². The second kappa shape index (κ2) is 6.02. The molecule has 19 heavy (non-hydrogen) atoms. The molecule has 100 valence electrons. The summed E-state index contributed by atoms with van der Waals surface area (Å²) in [6.07, 6.45) is 1.81. The number of hydrogen-bond acceptors (Lipinski definition) is 3. The molecule has 3 nitrogen and oxygen atoms in total. The van der Waals surface area contributed by atoms with E-state index >= 15 is 0 Å². The van der Waals surface area contributed by atoms with Crippen molar-refractivity contribution in [2.75, 3.05) is 5.32 Å². The highest BCUT2D eigenvalue weighted by atomic mass is 35.5. The maximum absolute atomic E-state index is 5.98. The SMILES string of the molecule is CCc1nc(Cl)cc(Nc2ccc(CC)c(C)c2)n1. The number of nitrogens with one attached hydrogen (secondary N) is 1. The Morgan fingerprint density at radius 1 is 1.11 bits per heavy atom. The molecule has 1 aromatic heterocycles. The molecule has 1 N–H and O–H groups in total. The van der Waals surface area contributed by atoms with Crippen LogP contribution in [0.15, 0.2) is 24.3 Å². The van der Waals surface area contributed by atoms with E-state index in [-0.39, 0.29) is 0 Å².